The summed E-state index contributed by atoms with van der Waals surface area (Å²) in [6.45, 7) is 0. The van der Waals surface area contributed by atoms with Crippen molar-refractivity contribution >= 4 is 21.6 Å². The molecule has 0 saturated heterocycles. The van der Waals surface area contributed by atoms with Gasteiger partial charge in [-0.1, -0.05) is 22.0 Å². The molecular formula is C10H7BrF3NO3. The number of hydrogen-bond donors (Lipinski definition) is 1. The molecule has 1 N–H and O–H groups in total. The zero-order valence-electron chi connectivity index (χ0n) is 8.74. The minimum Gasteiger partial charge on any atom is -0.502 e. The molecule has 0 atom stereocenters. The Morgan fingerprint density at radius 2 is 2.06 bits per heavy atom. The monoisotopic (exact) mass is 325 g/mol. The number of allylic oxidation sites excluding steroid dienone is 2. The number of hydrogen-bond acceptors (Lipinski definition) is 3. The maximum absolute atomic E-state index is 11.9. The van der Waals surface area contributed by atoms with E-state index in [1.807, 2.05) is 0 Å². The van der Waals surface area contributed by atoms with Crippen molar-refractivity contribution in [3.05, 3.63) is 44.4 Å². The molecule has 0 saturated carbocycles. The van der Waals surface area contributed by atoms with E-state index in [0.29, 0.717) is 4.47 Å². The minimum absolute atomic E-state index is 0.0131. The first-order valence-corrected chi connectivity index (χ1v) is 5.40. The summed E-state index contributed by atoms with van der Waals surface area (Å²) in [7, 11) is 0. The molecule has 1 rings (SSSR count). The first-order chi connectivity index (χ1) is 8.20. The third-order valence-electron chi connectivity index (χ3n) is 1.97. The van der Waals surface area contributed by atoms with Gasteiger partial charge in [0.2, 0.25) is 0 Å². The van der Waals surface area contributed by atoms with E-state index >= 15 is 0 Å². The third kappa shape index (κ3) is 4.02. The highest BCUT2D eigenvalue weighted by Crippen LogP contribution is 2.34. The zero-order chi connectivity index (χ0) is 13.9. The highest BCUT2D eigenvalue weighted by Gasteiger charge is 2.22. The summed E-state index contributed by atoms with van der Waals surface area (Å²) in [6.07, 6.45) is -3.91. The molecule has 0 aromatic heterocycles. The first kappa shape index (κ1) is 14.5. The Hall–Kier alpha value is -1.57. The Bertz CT molecular complexity index is 500. The highest BCUT2D eigenvalue weighted by atomic mass is 79.9. The summed E-state index contributed by atoms with van der Waals surface area (Å²) in [5, 5.41) is 20.1. The standard InChI is InChI=1S/C10H7BrF3NO3/c11-7-4-6(2-1-3-10(12,13)14)9(16)8(5-7)15(17)18/h1,3-5,16H,2H2. The summed E-state index contributed by atoms with van der Waals surface area (Å²) < 4.78 is 35.9. The summed E-state index contributed by atoms with van der Waals surface area (Å²) in [5.41, 5.74) is -0.517. The molecule has 1 aromatic rings. The van der Waals surface area contributed by atoms with E-state index in [1.54, 1.807) is 0 Å². The predicted octanol–water partition coefficient (Wildman–Crippen LogP) is 3.72. The number of alkyl halides is 3. The second-order valence-corrected chi connectivity index (χ2v) is 4.25. The molecule has 0 bridgehead atoms. The van der Waals surface area contributed by atoms with Gasteiger partial charge in [0, 0.05) is 22.2 Å². The average molecular weight is 326 g/mol. The molecule has 0 aliphatic heterocycles. The summed E-state index contributed by atoms with van der Waals surface area (Å²) in [5.74, 6) is -0.630. The van der Waals surface area contributed by atoms with E-state index in [1.165, 1.54) is 6.07 Å². The van der Waals surface area contributed by atoms with Crippen LogP contribution in [-0.2, 0) is 6.42 Å². The number of halogens is 4. The van der Waals surface area contributed by atoms with Gasteiger partial charge in [-0.3, -0.25) is 10.1 Å². The van der Waals surface area contributed by atoms with Crippen LogP contribution in [0.4, 0.5) is 18.9 Å². The topological polar surface area (TPSA) is 63.4 Å². The minimum atomic E-state index is -4.45. The van der Waals surface area contributed by atoms with Crippen LogP contribution in [0.2, 0.25) is 0 Å². The molecule has 0 amide bonds. The summed E-state index contributed by atoms with van der Waals surface area (Å²) in [6, 6.07) is 2.40. The van der Waals surface area contributed by atoms with E-state index in [0.717, 1.165) is 12.1 Å². The molecule has 0 aliphatic carbocycles. The number of nitrogens with zero attached hydrogens (tertiary/aromatic N) is 1. The van der Waals surface area contributed by atoms with Gasteiger partial charge in [-0.15, -0.1) is 0 Å². The van der Waals surface area contributed by atoms with Crippen LogP contribution in [0, 0.1) is 10.1 Å². The molecule has 0 aliphatic rings. The fraction of sp³-hybridized carbons (Fsp3) is 0.200. The van der Waals surface area contributed by atoms with Crippen molar-refractivity contribution in [3.8, 4) is 5.75 Å². The Morgan fingerprint density at radius 3 is 2.56 bits per heavy atom. The Balaban J connectivity index is 3.03. The van der Waals surface area contributed by atoms with Crippen LogP contribution < -0.4 is 0 Å². The number of aromatic hydroxyl groups is 1. The van der Waals surface area contributed by atoms with Gasteiger partial charge in [-0.25, -0.2) is 0 Å². The number of nitro benzene ring substituents is 1. The van der Waals surface area contributed by atoms with E-state index in [4.69, 9.17) is 0 Å². The van der Waals surface area contributed by atoms with Crippen molar-refractivity contribution in [1.82, 2.24) is 0 Å². The van der Waals surface area contributed by atoms with Crippen molar-refractivity contribution < 1.29 is 23.2 Å². The van der Waals surface area contributed by atoms with Crippen molar-refractivity contribution in [2.24, 2.45) is 0 Å². The van der Waals surface area contributed by atoms with Gasteiger partial charge in [-0.05, 0) is 12.5 Å². The lowest BCUT2D eigenvalue weighted by molar-refractivity contribution is -0.386. The van der Waals surface area contributed by atoms with Gasteiger partial charge < -0.3 is 5.11 Å². The molecule has 0 unspecified atom stereocenters. The number of phenols is 1. The van der Waals surface area contributed by atoms with Crippen molar-refractivity contribution in [2.75, 3.05) is 0 Å². The molecule has 8 heteroatoms. The fourth-order valence-corrected chi connectivity index (χ4v) is 1.75. The summed E-state index contributed by atoms with van der Waals surface area (Å²) in [4.78, 5) is 9.78. The number of phenolic OH excluding ortho intramolecular Hbond substituents is 1. The van der Waals surface area contributed by atoms with Crippen LogP contribution in [0.3, 0.4) is 0 Å². The van der Waals surface area contributed by atoms with Gasteiger partial charge in [0.25, 0.3) is 0 Å². The van der Waals surface area contributed by atoms with Crippen LogP contribution in [0.5, 0.6) is 5.75 Å². The predicted molar refractivity (Wildman–Crippen MR) is 61.4 cm³/mol. The molecule has 98 valence electrons. The number of rotatable bonds is 3. The molecular weight excluding hydrogens is 319 g/mol. The van der Waals surface area contributed by atoms with Gasteiger partial charge in [-0.2, -0.15) is 13.2 Å². The van der Waals surface area contributed by atoms with Crippen LogP contribution in [-0.4, -0.2) is 16.2 Å². The molecule has 18 heavy (non-hydrogen) atoms. The molecule has 0 spiro atoms. The highest BCUT2D eigenvalue weighted by molar-refractivity contribution is 9.10. The number of nitro groups is 1. The second-order valence-electron chi connectivity index (χ2n) is 3.34. The molecule has 0 fully saturated rings. The van der Waals surface area contributed by atoms with E-state index in [9.17, 15) is 28.4 Å². The van der Waals surface area contributed by atoms with Crippen LogP contribution in [0.15, 0.2) is 28.8 Å². The van der Waals surface area contributed by atoms with Gasteiger partial charge in [0.1, 0.15) is 0 Å². The maximum Gasteiger partial charge on any atom is 0.409 e. The van der Waals surface area contributed by atoms with Crippen LogP contribution in [0.25, 0.3) is 0 Å². The normalized spacial score (nSPS) is 12.0. The fourth-order valence-electron chi connectivity index (χ4n) is 1.25. The Labute approximate surface area is 108 Å². The Kier molecular flexibility index (Phi) is 4.33. The molecule has 4 nitrogen and oxygen atoms in total. The lowest BCUT2D eigenvalue weighted by Crippen LogP contribution is -2.01. The maximum atomic E-state index is 11.9. The second kappa shape index (κ2) is 5.38. The van der Waals surface area contributed by atoms with Gasteiger partial charge in [0.15, 0.2) is 5.75 Å². The SMILES string of the molecule is O=[N+]([O-])c1cc(Br)cc(CC=CC(F)(F)F)c1O. The summed E-state index contributed by atoms with van der Waals surface area (Å²) >= 11 is 2.98. The number of benzene rings is 1. The quantitative estimate of drug-likeness (QED) is 0.523. The smallest absolute Gasteiger partial charge is 0.409 e. The third-order valence-corrected chi connectivity index (χ3v) is 2.43. The first-order valence-electron chi connectivity index (χ1n) is 4.61. The lowest BCUT2D eigenvalue weighted by atomic mass is 10.1. The van der Waals surface area contributed by atoms with E-state index in [-0.39, 0.29) is 18.1 Å². The van der Waals surface area contributed by atoms with Crippen LogP contribution in [0.1, 0.15) is 5.56 Å². The average Bonchev–Trinajstić information content (AvgIpc) is 2.20. The zero-order valence-corrected chi connectivity index (χ0v) is 10.3. The largest absolute Gasteiger partial charge is 0.502 e. The van der Waals surface area contributed by atoms with E-state index in [2.05, 4.69) is 15.9 Å². The lowest BCUT2D eigenvalue weighted by Gasteiger charge is -2.04. The molecule has 1 aromatic carbocycles. The molecule has 0 radical (unpaired) electrons. The van der Waals surface area contributed by atoms with Crippen molar-refractivity contribution in [2.45, 2.75) is 12.6 Å². The van der Waals surface area contributed by atoms with Crippen molar-refractivity contribution in [1.29, 1.82) is 0 Å². The van der Waals surface area contributed by atoms with E-state index < -0.39 is 22.5 Å². The van der Waals surface area contributed by atoms with Gasteiger partial charge >= 0.3 is 11.9 Å². The van der Waals surface area contributed by atoms with Gasteiger partial charge in [0.05, 0.1) is 4.92 Å². The van der Waals surface area contributed by atoms with Crippen molar-refractivity contribution in [3.63, 3.8) is 0 Å². The Morgan fingerprint density at radius 1 is 1.44 bits per heavy atom. The van der Waals surface area contributed by atoms with Crippen LogP contribution >= 0.6 is 15.9 Å². The molecule has 0 heterocycles.